The molecule has 0 bridgehead atoms. The Hall–Kier alpha value is -0.830. The molecule has 0 aromatic rings. The first kappa shape index (κ1) is 16.5. The number of alkyl halides is 3. The molecule has 0 aromatic heterocycles. The third-order valence-corrected chi connectivity index (χ3v) is 6.20. The normalized spacial score (nSPS) is 33.4. The molecule has 0 spiro atoms. The number of halogens is 3. The molecule has 2 aliphatic rings. The molecule has 5 nitrogen and oxygen atoms in total. The highest BCUT2D eigenvalue weighted by Gasteiger charge is 2.42. The van der Waals surface area contributed by atoms with Crippen LogP contribution in [0, 0.1) is 0 Å². The highest BCUT2D eigenvalue weighted by Crippen LogP contribution is 2.26. The molecule has 2 rings (SSSR count). The van der Waals surface area contributed by atoms with Gasteiger partial charge in [0.15, 0.2) is 9.84 Å². The Morgan fingerprint density at radius 3 is 2.38 bits per heavy atom. The van der Waals surface area contributed by atoms with Gasteiger partial charge in [-0.1, -0.05) is 6.42 Å². The first-order chi connectivity index (χ1) is 9.70. The van der Waals surface area contributed by atoms with Crippen LogP contribution in [-0.4, -0.2) is 50.1 Å². The van der Waals surface area contributed by atoms with Gasteiger partial charge >= 0.3 is 6.18 Å². The van der Waals surface area contributed by atoms with E-state index in [-0.39, 0.29) is 25.1 Å². The third kappa shape index (κ3) is 4.09. The molecule has 2 aliphatic heterocycles. The summed E-state index contributed by atoms with van der Waals surface area (Å²) in [7, 11) is -3.42. The van der Waals surface area contributed by atoms with Crippen LogP contribution in [0.5, 0.6) is 0 Å². The second-order valence-corrected chi connectivity index (χ2v) is 7.94. The Morgan fingerprint density at radius 1 is 1.14 bits per heavy atom. The number of nitrogens with one attached hydrogen (secondary N) is 2. The van der Waals surface area contributed by atoms with Crippen LogP contribution in [-0.2, 0) is 14.6 Å². The fourth-order valence-electron chi connectivity index (χ4n) is 2.80. The summed E-state index contributed by atoms with van der Waals surface area (Å²) in [6.45, 7) is 0.00266. The van der Waals surface area contributed by atoms with E-state index in [0.29, 0.717) is 19.3 Å². The Balaban J connectivity index is 1.87. The van der Waals surface area contributed by atoms with Gasteiger partial charge in [0.05, 0.1) is 5.75 Å². The van der Waals surface area contributed by atoms with Crippen LogP contribution in [0.2, 0.25) is 0 Å². The topological polar surface area (TPSA) is 75.3 Å². The molecule has 2 N–H and O–H groups in total. The second-order valence-electron chi connectivity index (χ2n) is 5.64. The zero-order valence-electron chi connectivity index (χ0n) is 11.4. The van der Waals surface area contributed by atoms with Gasteiger partial charge in [0.25, 0.3) is 0 Å². The minimum atomic E-state index is -4.29. The highest BCUT2D eigenvalue weighted by molar-refractivity contribution is 7.92. The summed E-state index contributed by atoms with van der Waals surface area (Å²) in [6.07, 6.45) is -2.69. The van der Waals surface area contributed by atoms with E-state index in [0.717, 1.165) is 0 Å². The van der Waals surface area contributed by atoms with Crippen molar-refractivity contribution in [3.8, 4) is 0 Å². The van der Waals surface area contributed by atoms with Crippen LogP contribution in [0.25, 0.3) is 0 Å². The first-order valence-corrected chi connectivity index (χ1v) is 8.74. The van der Waals surface area contributed by atoms with Gasteiger partial charge in [0, 0.05) is 12.6 Å². The Bertz CT molecular complexity index is 484. The van der Waals surface area contributed by atoms with Crippen molar-refractivity contribution in [1.29, 1.82) is 0 Å². The summed E-state index contributed by atoms with van der Waals surface area (Å²) < 4.78 is 61.1. The standard InChI is InChI=1S/C12H19F3N2O3S/c13-12(14,15)10-5-4-8(7-16-10)17-11(18)9-3-1-2-6-21(9,19)20/h8-10,16H,1-7H2,(H,17,18). The van der Waals surface area contributed by atoms with Gasteiger partial charge in [-0.15, -0.1) is 0 Å². The van der Waals surface area contributed by atoms with Gasteiger partial charge in [-0.2, -0.15) is 13.2 Å². The van der Waals surface area contributed by atoms with E-state index >= 15 is 0 Å². The predicted octanol–water partition coefficient (Wildman–Crippen LogP) is 0.753. The lowest BCUT2D eigenvalue weighted by molar-refractivity contribution is -0.161. The molecule has 0 aromatic carbocycles. The molecule has 3 unspecified atom stereocenters. The van der Waals surface area contributed by atoms with Crippen molar-refractivity contribution >= 4 is 15.7 Å². The van der Waals surface area contributed by atoms with Crippen molar-refractivity contribution in [3.05, 3.63) is 0 Å². The second kappa shape index (κ2) is 6.12. The Kier molecular flexibility index (Phi) is 4.82. The van der Waals surface area contributed by atoms with Crippen LogP contribution in [0.1, 0.15) is 32.1 Å². The molecular formula is C12H19F3N2O3S. The molecule has 3 atom stereocenters. The van der Waals surface area contributed by atoms with Crippen molar-refractivity contribution in [3.63, 3.8) is 0 Å². The largest absolute Gasteiger partial charge is 0.403 e. The molecule has 0 saturated carbocycles. The van der Waals surface area contributed by atoms with E-state index in [4.69, 9.17) is 0 Å². The Labute approximate surface area is 121 Å². The van der Waals surface area contributed by atoms with Crippen molar-refractivity contribution in [2.75, 3.05) is 12.3 Å². The maximum Gasteiger partial charge on any atom is 0.403 e. The zero-order chi connectivity index (χ0) is 15.7. The summed E-state index contributed by atoms with van der Waals surface area (Å²) in [5.74, 6) is -0.573. The SMILES string of the molecule is O=C(NC1CCC(C(F)(F)F)NC1)C1CCCCS1(=O)=O. The molecule has 2 heterocycles. The summed E-state index contributed by atoms with van der Waals surface area (Å²) >= 11 is 0. The summed E-state index contributed by atoms with van der Waals surface area (Å²) in [5.41, 5.74) is 0. The lowest BCUT2D eigenvalue weighted by Crippen LogP contribution is -2.56. The minimum Gasteiger partial charge on any atom is -0.351 e. The van der Waals surface area contributed by atoms with Crippen LogP contribution in [0.3, 0.4) is 0 Å². The van der Waals surface area contributed by atoms with Gasteiger partial charge in [0.2, 0.25) is 5.91 Å². The summed E-state index contributed by atoms with van der Waals surface area (Å²) in [4.78, 5) is 12.0. The monoisotopic (exact) mass is 328 g/mol. The van der Waals surface area contributed by atoms with Gasteiger partial charge in [-0.25, -0.2) is 8.42 Å². The summed E-state index contributed by atoms with van der Waals surface area (Å²) in [5, 5.41) is 3.87. The number of sulfone groups is 1. The van der Waals surface area contributed by atoms with Gasteiger partial charge in [0.1, 0.15) is 11.3 Å². The van der Waals surface area contributed by atoms with Crippen molar-refractivity contribution in [2.45, 2.75) is 55.6 Å². The number of hydrogen-bond donors (Lipinski definition) is 2. The molecule has 0 radical (unpaired) electrons. The molecule has 2 fully saturated rings. The van der Waals surface area contributed by atoms with Crippen molar-refractivity contribution < 1.29 is 26.4 Å². The number of rotatable bonds is 2. The Morgan fingerprint density at radius 2 is 1.86 bits per heavy atom. The highest BCUT2D eigenvalue weighted by atomic mass is 32.2. The fourth-order valence-corrected chi connectivity index (χ4v) is 4.61. The molecule has 21 heavy (non-hydrogen) atoms. The number of hydrogen-bond acceptors (Lipinski definition) is 4. The van der Waals surface area contributed by atoms with Crippen molar-refractivity contribution in [2.24, 2.45) is 0 Å². The first-order valence-electron chi connectivity index (χ1n) is 7.02. The van der Waals surface area contributed by atoms with Crippen LogP contribution in [0.4, 0.5) is 13.2 Å². The van der Waals surface area contributed by atoms with Crippen molar-refractivity contribution in [1.82, 2.24) is 10.6 Å². The number of piperidine rings is 1. The molecule has 0 aliphatic carbocycles. The number of carbonyl (C=O) groups excluding carboxylic acids is 1. The van der Waals surface area contributed by atoms with Crippen LogP contribution in [0.15, 0.2) is 0 Å². The minimum absolute atomic E-state index is 0.00266. The molecule has 1 amide bonds. The lowest BCUT2D eigenvalue weighted by Gasteiger charge is -2.32. The van der Waals surface area contributed by atoms with E-state index in [2.05, 4.69) is 10.6 Å². The van der Waals surface area contributed by atoms with Gasteiger partial charge in [-0.05, 0) is 25.7 Å². The average molecular weight is 328 g/mol. The average Bonchev–Trinajstić information content (AvgIpc) is 2.37. The van der Waals surface area contributed by atoms with E-state index in [9.17, 15) is 26.4 Å². The van der Waals surface area contributed by atoms with Gasteiger partial charge < -0.3 is 10.6 Å². The molecular weight excluding hydrogens is 309 g/mol. The maximum absolute atomic E-state index is 12.5. The third-order valence-electron chi connectivity index (χ3n) is 4.03. The predicted molar refractivity (Wildman–Crippen MR) is 70.4 cm³/mol. The van der Waals surface area contributed by atoms with E-state index < -0.39 is 39.3 Å². The van der Waals surface area contributed by atoms with Crippen LogP contribution >= 0.6 is 0 Å². The van der Waals surface area contributed by atoms with E-state index in [1.807, 2.05) is 0 Å². The molecule has 9 heteroatoms. The smallest absolute Gasteiger partial charge is 0.351 e. The molecule has 2 saturated heterocycles. The van der Waals surface area contributed by atoms with E-state index in [1.54, 1.807) is 0 Å². The fraction of sp³-hybridized carbons (Fsp3) is 0.917. The van der Waals surface area contributed by atoms with E-state index in [1.165, 1.54) is 0 Å². The van der Waals surface area contributed by atoms with Crippen LogP contribution < -0.4 is 10.6 Å². The number of amides is 1. The maximum atomic E-state index is 12.5. The lowest BCUT2D eigenvalue weighted by atomic mass is 10.00. The quantitative estimate of drug-likeness (QED) is 0.784. The summed E-state index contributed by atoms with van der Waals surface area (Å²) in [6, 6.07) is -2.00. The number of carbonyl (C=O) groups is 1. The molecule has 122 valence electrons. The zero-order valence-corrected chi connectivity index (χ0v) is 12.3. The van der Waals surface area contributed by atoms with Gasteiger partial charge in [-0.3, -0.25) is 4.79 Å².